The second kappa shape index (κ2) is 6.06. The molecule has 0 aliphatic rings. The van der Waals surface area contributed by atoms with Crippen molar-refractivity contribution in [3.8, 4) is 0 Å². The zero-order chi connectivity index (χ0) is 14.7. The molecule has 3 aromatic rings. The summed E-state index contributed by atoms with van der Waals surface area (Å²) >= 11 is 0. The van der Waals surface area contributed by atoms with Gasteiger partial charge in [-0.15, -0.1) is 0 Å². The summed E-state index contributed by atoms with van der Waals surface area (Å²) in [6.45, 7) is 2.89. The number of benzene rings is 3. The maximum absolute atomic E-state index is 13.0. The van der Waals surface area contributed by atoms with Crippen LogP contribution in [0.4, 0.5) is 4.39 Å². The molecule has 0 amide bonds. The Balaban J connectivity index is 1.76. The molecule has 0 saturated heterocycles. The molecule has 0 saturated carbocycles. The van der Waals surface area contributed by atoms with Gasteiger partial charge in [0.05, 0.1) is 0 Å². The minimum Gasteiger partial charge on any atom is -0.306 e. The van der Waals surface area contributed by atoms with Gasteiger partial charge in [-0.25, -0.2) is 4.39 Å². The van der Waals surface area contributed by atoms with E-state index in [9.17, 15) is 4.39 Å². The van der Waals surface area contributed by atoms with Crippen LogP contribution < -0.4 is 5.32 Å². The van der Waals surface area contributed by atoms with E-state index in [-0.39, 0.29) is 11.9 Å². The summed E-state index contributed by atoms with van der Waals surface area (Å²) in [7, 11) is 0. The fourth-order valence-electron chi connectivity index (χ4n) is 2.58. The fraction of sp³-hybridized carbons (Fsp3) is 0.158. The van der Waals surface area contributed by atoms with E-state index >= 15 is 0 Å². The molecule has 0 spiro atoms. The summed E-state index contributed by atoms with van der Waals surface area (Å²) in [5.41, 5.74) is 2.37. The van der Waals surface area contributed by atoms with Crippen LogP contribution >= 0.6 is 0 Å². The minimum absolute atomic E-state index is 0.185. The first kappa shape index (κ1) is 13.8. The smallest absolute Gasteiger partial charge is 0.123 e. The van der Waals surface area contributed by atoms with Crippen molar-refractivity contribution in [2.24, 2.45) is 0 Å². The van der Waals surface area contributed by atoms with Gasteiger partial charge in [0.1, 0.15) is 5.82 Å². The summed E-state index contributed by atoms with van der Waals surface area (Å²) in [5.74, 6) is -0.194. The van der Waals surface area contributed by atoms with Crippen LogP contribution in [0.2, 0.25) is 0 Å². The van der Waals surface area contributed by atoms with Gasteiger partial charge in [-0.1, -0.05) is 54.6 Å². The molecule has 0 radical (unpaired) electrons. The first-order valence-electron chi connectivity index (χ1n) is 7.19. The number of rotatable bonds is 4. The molecular weight excluding hydrogens is 261 g/mol. The third-order valence-corrected chi connectivity index (χ3v) is 3.85. The average molecular weight is 279 g/mol. The highest BCUT2D eigenvalue weighted by atomic mass is 19.1. The van der Waals surface area contributed by atoms with Crippen LogP contribution in [0.1, 0.15) is 24.1 Å². The number of fused-ring (bicyclic) bond motifs is 1. The van der Waals surface area contributed by atoms with E-state index in [2.05, 4.69) is 54.7 Å². The Morgan fingerprint density at radius 1 is 0.905 bits per heavy atom. The fourth-order valence-corrected chi connectivity index (χ4v) is 2.58. The van der Waals surface area contributed by atoms with Crippen LogP contribution in [0, 0.1) is 5.82 Å². The molecule has 0 bridgehead atoms. The Hall–Kier alpha value is -2.19. The quantitative estimate of drug-likeness (QED) is 0.721. The highest BCUT2D eigenvalue weighted by molar-refractivity contribution is 5.85. The lowest BCUT2D eigenvalue weighted by molar-refractivity contribution is 0.572. The molecule has 21 heavy (non-hydrogen) atoms. The lowest BCUT2D eigenvalue weighted by atomic mass is 10.0. The molecule has 1 nitrogen and oxygen atoms in total. The summed E-state index contributed by atoms with van der Waals surface area (Å²) in [5, 5.41) is 6.04. The van der Waals surface area contributed by atoms with Gasteiger partial charge < -0.3 is 5.32 Å². The van der Waals surface area contributed by atoms with E-state index in [4.69, 9.17) is 0 Å². The Labute approximate surface area is 124 Å². The van der Waals surface area contributed by atoms with Crippen molar-refractivity contribution >= 4 is 10.8 Å². The molecule has 2 heteroatoms. The second-order valence-electron chi connectivity index (χ2n) is 5.29. The van der Waals surface area contributed by atoms with Gasteiger partial charge in [0.25, 0.3) is 0 Å². The van der Waals surface area contributed by atoms with Crippen LogP contribution in [-0.2, 0) is 6.54 Å². The van der Waals surface area contributed by atoms with Crippen molar-refractivity contribution in [1.29, 1.82) is 0 Å². The maximum atomic E-state index is 13.0. The van der Waals surface area contributed by atoms with Crippen LogP contribution in [0.3, 0.4) is 0 Å². The molecule has 0 fully saturated rings. The van der Waals surface area contributed by atoms with E-state index in [1.165, 1.54) is 28.5 Å². The van der Waals surface area contributed by atoms with E-state index < -0.39 is 0 Å². The molecule has 1 N–H and O–H groups in total. The minimum atomic E-state index is -0.194. The molecule has 3 aromatic carbocycles. The molecular formula is C19H18FN. The Morgan fingerprint density at radius 3 is 2.43 bits per heavy atom. The van der Waals surface area contributed by atoms with E-state index in [1.807, 2.05) is 12.1 Å². The summed E-state index contributed by atoms with van der Waals surface area (Å²) in [4.78, 5) is 0. The number of halogens is 1. The first-order chi connectivity index (χ1) is 10.2. The predicted octanol–water partition coefficient (Wildman–Crippen LogP) is 4.83. The van der Waals surface area contributed by atoms with Gasteiger partial charge in [0.15, 0.2) is 0 Å². The normalized spacial score (nSPS) is 12.5. The predicted molar refractivity (Wildman–Crippen MR) is 85.6 cm³/mol. The largest absolute Gasteiger partial charge is 0.306 e. The third kappa shape index (κ3) is 3.11. The molecule has 0 aliphatic heterocycles. The number of hydrogen-bond donors (Lipinski definition) is 1. The molecule has 106 valence electrons. The average Bonchev–Trinajstić information content (AvgIpc) is 2.53. The van der Waals surface area contributed by atoms with Gasteiger partial charge in [-0.3, -0.25) is 0 Å². The maximum Gasteiger partial charge on any atom is 0.123 e. The Morgan fingerprint density at radius 2 is 1.62 bits per heavy atom. The van der Waals surface area contributed by atoms with E-state index in [0.717, 1.165) is 12.1 Å². The summed E-state index contributed by atoms with van der Waals surface area (Å²) in [6.07, 6.45) is 0. The zero-order valence-electron chi connectivity index (χ0n) is 12.0. The third-order valence-electron chi connectivity index (χ3n) is 3.85. The Bertz CT molecular complexity index is 729. The van der Waals surface area contributed by atoms with E-state index in [0.29, 0.717) is 0 Å². The molecule has 0 aromatic heterocycles. The number of hydrogen-bond acceptors (Lipinski definition) is 1. The molecule has 3 rings (SSSR count). The monoisotopic (exact) mass is 279 g/mol. The molecule has 1 atom stereocenters. The van der Waals surface area contributed by atoms with Crippen molar-refractivity contribution in [2.75, 3.05) is 0 Å². The topological polar surface area (TPSA) is 12.0 Å². The zero-order valence-corrected chi connectivity index (χ0v) is 12.0. The van der Waals surface area contributed by atoms with Gasteiger partial charge in [0, 0.05) is 12.6 Å². The van der Waals surface area contributed by atoms with E-state index in [1.54, 1.807) is 0 Å². The highest BCUT2D eigenvalue weighted by Gasteiger charge is 2.06. The SMILES string of the molecule is CC(NCc1cccc2ccccc12)c1ccc(F)cc1. The molecule has 0 aliphatic carbocycles. The van der Waals surface area contributed by atoms with Gasteiger partial charge >= 0.3 is 0 Å². The van der Waals surface area contributed by atoms with Crippen LogP contribution in [0.15, 0.2) is 66.7 Å². The highest BCUT2D eigenvalue weighted by Crippen LogP contribution is 2.20. The summed E-state index contributed by atoms with van der Waals surface area (Å²) < 4.78 is 13.0. The van der Waals surface area contributed by atoms with Crippen molar-refractivity contribution < 1.29 is 4.39 Å². The lowest BCUT2D eigenvalue weighted by Crippen LogP contribution is -2.18. The second-order valence-corrected chi connectivity index (χ2v) is 5.29. The van der Waals surface area contributed by atoms with Crippen molar-refractivity contribution in [3.63, 3.8) is 0 Å². The Kier molecular flexibility index (Phi) is 3.98. The van der Waals surface area contributed by atoms with Gasteiger partial charge in [0.2, 0.25) is 0 Å². The van der Waals surface area contributed by atoms with Crippen molar-refractivity contribution in [1.82, 2.24) is 5.32 Å². The standard InChI is InChI=1S/C19H18FN/c1-14(15-9-11-18(20)12-10-15)21-13-17-7-4-6-16-5-2-3-8-19(16)17/h2-12,14,21H,13H2,1H3. The summed E-state index contributed by atoms with van der Waals surface area (Å²) in [6, 6.07) is 21.6. The van der Waals surface area contributed by atoms with Gasteiger partial charge in [-0.05, 0) is 41.0 Å². The lowest BCUT2D eigenvalue weighted by Gasteiger charge is -2.15. The van der Waals surface area contributed by atoms with Crippen LogP contribution in [0.5, 0.6) is 0 Å². The van der Waals surface area contributed by atoms with Crippen LogP contribution in [0.25, 0.3) is 10.8 Å². The van der Waals surface area contributed by atoms with Gasteiger partial charge in [-0.2, -0.15) is 0 Å². The molecule has 0 heterocycles. The first-order valence-corrected chi connectivity index (χ1v) is 7.19. The van der Waals surface area contributed by atoms with Crippen LogP contribution in [-0.4, -0.2) is 0 Å². The van der Waals surface area contributed by atoms with Crippen molar-refractivity contribution in [2.45, 2.75) is 19.5 Å². The van der Waals surface area contributed by atoms with Crippen molar-refractivity contribution in [3.05, 3.63) is 83.7 Å². The molecule has 1 unspecified atom stereocenters. The number of nitrogens with one attached hydrogen (secondary N) is 1.